The number of nitrogens with zero attached hydrogens (tertiary/aromatic N) is 3. The minimum atomic E-state index is 0.0747. The Balaban J connectivity index is 1.66. The Labute approximate surface area is 188 Å². The average Bonchev–Trinajstić information content (AvgIpc) is 2.81. The van der Waals surface area contributed by atoms with E-state index < -0.39 is 0 Å². The van der Waals surface area contributed by atoms with Crippen molar-refractivity contribution in [2.45, 2.75) is 0 Å². The van der Waals surface area contributed by atoms with Gasteiger partial charge in [-0.3, -0.25) is 0 Å². The average molecular weight is 475 g/mol. The smallest absolute Gasteiger partial charge is 0.244 e. The highest BCUT2D eigenvalue weighted by atomic mass is 79.9. The highest BCUT2D eigenvalue weighted by Gasteiger charge is 2.09. The number of phenols is 1. The zero-order chi connectivity index (χ0) is 21.6. The van der Waals surface area contributed by atoms with Gasteiger partial charge >= 0.3 is 0 Å². The molecule has 4 aromatic rings. The summed E-state index contributed by atoms with van der Waals surface area (Å²) < 4.78 is 6.13. The van der Waals surface area contributed by atoms with Crippen LogP contribution in [0.4, 0.5) is 5.95 Å². The first-order valence-electron chi connectivity index (χ1n) is 9.49. The predicted octanol–water partition coefficient (Wildman–Crippen LogP) is 5.73. The van der Waals surface area contributed by atoms with Crippen LogP contribution in [0, 0.1) is 0 Å². The van der Waals surface area contributed by atoms with Crippen LogP contribution in [0.3, 0.4) is 0 Å². The zero-order valence-corrected chi connectivity index (χ0v) is 18.2. The summed E-state index contributed by atoms with van der Waals surface area (Å²) in [5.74, 6) is 0.829. The number of methoxy groups -OCH3 is 1. The number of benzene rings is 3. The van der Waals surface area contributed by atoms with Gasteiger partial charge in [0.05, 0.1) is 24.7 Å². The number of nitrogens with one attached hydrogen (secondary N) is 1. The lowest BCUT2D eigenvalue weighted by Gasteiger charge is -2.08. The van der Waals surface area contributed by atoms with Crippen LogP contribution in [-0.2, 0) is 0 Å². The third-order valence-corrected chi connectivity index (χ3v) is 5.05. The number of phenolic OH excluding ortho intramolecular Hbond substituents is 1. The molecule has 0 bridgehead atoms. The quantitative estimate of drug-likeness (QED) is 0.275. The second-order valence-electron chi connectivity index (χ2n) is 6.64. The summed E-state index contributed by atoms with van der Waals surface area (Å²) in [5.41, 5.74) is 7.20. The van der Waals surface area contributed by atoms with Gasteiger partial charge < -0.3 is 9.84 Å². The molecule has 4 rings (SSSR count). The van der Waals surface area contributed by atoms with Gasteiger partial charge in [0.25, 0.3) is 0 Å². The van der Waals surface area contributed by atoms with Gasteiger partial charge in [-0.05, 0) is 42.0 Å². The molecule has 0 radical (unpaired) electrons. The molecule has 1 aromatic heterocycles. The fraction of sp³-hybridized carbons (Fsp3) is 0.0417. The third kappa shape index (κ3) is 5.07. The summed E-state index contributed by atoms with van der Waals surface area (Å²) in [7, 11) is 1.50. The molecule has 0 saturated carbocycles. The number of rotatable bonds is 6. The van der Waals surface area contributed by atoms with E-state index in [2.05, 4.69) is 36.4 Å². The lowest BCUT2D eigenvalue weighted by atomic mass is 10.1. The number of ether oxygens (including phenoxy) is 1. The molecule has 31 heavy (non-hydrogen) atoms. The van der Waals surface area contributed by atoms with Crippen LogP contribution in [0.5, 0.6) is 11.5 Å². The van der Waals surface area contributed by atoms with E-state index in [0.717, 1.165) is 32.6 Å². The lowest BCUT2D eigenvalue weighted by molar-refractivity contribution is 0.373. The lowest BCUT2D eigenvalue weighted by Crippen LogP contribution is -2.00. The molecule has 154 valence electrons. The van der Waals surface area contributed by atoms with Crippen molar-refractivity contribution in [2.75, 3.05) is 12.5 Å². The number of hydrogen-bond donors (Lipinski definition) is 2. The maximum absolute atomic E-state index is 9.72. The van der Waals surface area contributed by atoms with Gasteiger partial charge in [0.15, 0.2) is 11.5 Å². The number of halogens is 1. The number of aromatic nitrogens is 2. The Morgan fingerprint density at radius 2 is 1.58 bits per heavy atom. The Morgan fingerprint density at radius 1 is 0.903 bits per heavy atom. The van der Waals surface area contributed by atoms with E-state index >= 15 is 0 Å². The van der Waals surface area contributed by atoms with Gasteiger partial charge in [-0.1, -0.05) is 58.4 Å². The zero-order valence-electron chi connectivity index (χ0n) is 16.7. The molecule has 2 N–H and O–H groups in total. The number of hydrogen-bond acceptors (Lipinski definition) is 6. The van der Waals surface area contributed by atoms with E-state index in [0.29, 0.717) is 11.7 Å². The number of aromatic hydroxyl groups is 1. The van der Waals surface area contributed by atoms with E-state index in [9.17, 15) is 5.11 Å². The van der Waals surface area contributed by atoms with E-state index in [-0.39, 0.29) is 5.75 Å². The van der Waals surface area contributed by atoms with Gasteiger partial charge in [-0.15, -0.1) is 0 Å². The highest BCUT2D eigenvalue weighted by Crippen LogP contribution is 2.27. The largest absolute Gasteiger partial charge is 0.504 e. The first kappa shape index (κ1) is 20.6. The van der Waals surface area contributed by atoms with Gasteiger partial charge in [-0.2, -0.15) is 5.10 Å². The minimum absolute atomic E-state index is 0.0747. The SMILES string of the molecule is COc1cc(/C=N/Nc2nc(-c3ccccc3)cc(-c3ccc(Br)cc3)n2)ccc1O. The van der Waals surface area contributed by atoms with Crippen LogP contribution in [0.2, 0.25) is 0 Å². The standard InChI is InChI=1S/C24H19BrN4O2/c1-31-23-13-16(7-12-22(23)30)15-26-29-24-27-20(17-5-3-2-4-6-17)14-21(28-24)18-8-10-19(25)11-9-18/h2-15,30H,1H3,(H,27,28,29)/b26-15+. The molecule has 0 amide bonds. The van der Waals surface area contributed by atoms with E-state index in [1.807, 2.05) is 60.7 Å². The summed E-state index contributed by atoms with van der Waals surface area (Å²) in [5, 5.41) is 14.0. The monoisotopic (exact) mass is 474 g/mol. The van der Waals surface area contributed by atoms with Crippen LogP contribution in [0.1, 0.15) is 5.56 Å². The maximum atomic E-state index is 9.72. The van der Waals surface area contributed by atoms with Crippen molar-refractivity contribution in [2.24, 2.45) is 5.10 Å². The fourth-order valence-corrected chi connectivity index (χ4v) is 3.23. The van der Waals surface area contributed by atoms with Crippen molar-refractivity contribution in [3.8, 4) is 34.0 Å². The molecule has 3 aromatic carbocycles. The van der Waals surface area contributed by atoms with Crippen molar-refractivity contribution in [1.82, 2.24) is 9.97 Å². The van der Waals surface area contributed by atoms with Crippen molar-refractivity contribution < 1.29 is 9.84 Å². The fourth-order valence-electron chi connectivity index (χ4n) is 2.96. The van der Waals surface area contributed by atoms with E-state index in [4.69, 9.17) is 4.74 Å². The summed E-state index contributed by atoms with van der Waals surface area (Å²) in [6, 6.07) is 24.8. The Hall–Kier alpha value is -3.71. The van der Waals surface area contributed by atoms with Gasteiger partial charge in [0, 0.05) is 15.6 Å². The molecule has 0 aliphatic rings. The summed E-state index contributed by atoms with van der Waals surface area (Å²) in [4.78, 5) is 9.24. The molecule has 0 atom stereocenters. The molecule has 6 nitrogen and oxygen atoms in total. The Morgan fingerprint density at radius 3 is 2.26 bits per heavy atom. The summed E-state index contributed by atoms with van der Waals surface area (Å²) >= 11 is 3.47. The molecular formula is C24H19BrN4O2. The minimum Gasteiger partial charge on any atom is -0.504 e. The first-order valence-corrected chi connectivity index (χ1v) is 10.3. The maximum Gasteiger partial charge on any atom is 0.244 e. The van der Waals surface area contributed by atoms with Gasteiger partial charge in [0.1, 0.15) is 0 Å². The van der Waals surface area contributed by atoms with Crippen molar-refractivity contribution in [1.29, 1.82) is 0 Å². The van der Waals surface area contributed by atoms with Crippen molar-refractivity contribution >= 4 is 28.1 Å². The normalized spacial score (nSPS) is 10.9. The molecule has 1 heterocycles. The van der Waals surface area contributed by atoms with Crippen molar-refractivity contribution in [3.63, 3.8) is 0 Å². The van der Waals surface area contributed by atoms with Crippen molar-refractivity contribution in [3.05, 3.63) is 88.9 Å². The molecular weight excluding hydrogens is 456 g/mol. The van der Waals surface area contributed by atoms with E-state index in [1.54, 1.807) is 24.4 Å². The van der Waals surface area contributed by atoms with Crippen LogP contribution in [0.15, 0.2) is 88.4 Å². The predicted molar refractivity (Wildman–Crippen MR) is 126 cm³/mol. The van der Waals surface area contributed by atoms with Crippen LogP contribution in [-0.4, -0.2) is 28.4 Å². The molecule has 0 aliphatic carbocycles. The van der Waals surface area contributed by atoms with Gasteiger partial charge in [-0.25, -0.2) is 15.4 Å². The van der Waals surface area contributed by atoms with Crippen LogP contribution < -0.4 is 10.2 Å². The second kappa shape index (κ2) is 9.40. The molecule has 0 saturated heterocycles. The Kier molecular flexibility index (Phi) is 6.24. The topological polar surface area (TPSA) is 79.6 Å². The number of hydrazone groups is 1. The summed E-state index contributed by atoms with van der Waals surface area (Å²) in [6.45, 7) is 0. The van der Waals surface area contributed by atoms with Gasteiger partial charge in [0.2, 0.25) is 5.95 Å². The highest BCUT2D eigenvalue weighted by molar-refractivity contribution is 9.10. The van der Waals surface area contributed by atoms with E-state index in [1.165, 1.54) is 7.11 Å². The molecule has 0 aliphatic heterocycles. The number of anilines is 1. The Bertz CT molecular complexity index is 1210. The molecule has 0 unspecified atom stereocenters. The van der Waals surface area contributed by atoms with Crippen LogP contribution >= 0.6 is 15.9 Å². The molecule has 7 heteroatoms. The third-order valence-electron chi connectivity index (χ3n) is 4.52. The second-order valence-corrected chi connectivity index (χ2v) is 7.55. The first-order chi connectivity index (χ1) is 15.1. The molecule has 0 spiro atoms. The molecule has 0 fully saturated rings. The summed E-state index contributed by atoms with van der Waals surface area (Å²) in [6.07, 6.45) is 1.61. The van der Waals surface area contributed by atoms with Crippen LogP contribution in [0.25, 0.3) is 22.5 Å².